The van der Waals surface area contributed by atoms with Crippen molar-refractivity contribution in [1.82, 2.24) is 0 Å². The van der Waals surface area contributed by atoms with Gasteiger partial charge >= 0.3 is 5.97 Å². The van der Waals surface area contributed by atoms with E-state index in [1.54, 1.807) is 12.1 Å². The summed E-state index contributed by atoms with van der Waals surface area (Å²) in [5.74, 6) is -0.879. The molecule has 1 unspecified atom stereocenters. The van der Waals surface area contributed by atoms with E-state index in [2.05, 4.69) is 0 Å². The normalized spacial score (nSPS) is 17.4. The Hall–Kier alpha value is -1.62. The molecule has 1 atom stereocenters. The first kappa shape index (κ1) is 15.8. The fourth-order valence-corrected chi connectivity index (χ4v) is 3.11. The number of benzene rings is 1. The van der Waals surface area contributed by atoms with Crippen molar-refractivity contribution in [2.24, 2.45) is 0 Å². The maximum absolute atomic E-state index is 11.3. The van der Waals surface area contributed by atoms with Crippen molar-refractivity contribution in [3.05, 3.63) is 39.4 Å². The Bertz CT molecular complexity index is 540. The average Bonchev–Trinajstić information content (AvgIpc) is 2.47. The summed E-state index contributed by atoms with van der Waals surface area (Å²) in [5.41, 5.74) is 1.45. The number of carboxylic acid groups (broad SMARTS) is 1. The molecule has 0 amide bonds. The Balaban J connectivity index is 2.26. The average molecular weight is 312 g/mol. The number of hydrogen-bond acceptors (Lipinski definition) is 3. The molecule has 1 aromatic carbocycles. The third-order valence-corrected chi connectivity index (χ3v) is 4.36. The van der Waals surface area contributed by atoms with Gasteiger partial charge in [-0.1, -0.05) is 31.4 Å². The van der Waals surface area contributed by atoms with E-state index in [1.807, 2.05) is 0 Å². The van der Waals surface area contributed by atoms with Crippen LogP contribution in [0.25, 0.3) is 0 Å². The minimum absolute atomic E-state index is 0.0860. The molecule has 0 aliphatic heterocycles. The molecule has 1 aromatic rings. The first-order valence-corrected chi connectivity index (χ1v) is 7.56. The number of hydrogen-bond donors (Lipinski definition) is 1. The summed E-state index contributed by atoms with van der Waals surface area (Å²) >= 11 is 5.70. The van der Waals surface area contributed by atoms with Crippen LogP contribution in [0.4, 0.5) is 5.69 Å². The van der Waals surface area contributed by atoms with Crippen molar-refractivity contribution in [3.8, 4) is 0 Å². The standard InChI is InChI=1S/C15H18ClNO4/c16-13(15(18)19)8-10-6-7-12(14(9-10)17(20)21)11-4-2-1-3-5-11/h6-7,9,11,13H,1-5,8H2,(H,18,19). The van der Waals surface area contributed by atoms with Crippen LogP contribution in [0, 0.1) is 10.1 Å². The smallest absolute Gasteiger partial charge is 0.321 e. The van der Waals surface area contributed by atoms with Crippen molar-refractivity contribution in [2.45, 2.75) is 49.8 Å². The van der Waals surface area contributed by atoms with Gasteiger partial charge in [0.05, 0.1) is 4.92 Å². The summed E-state index contributed by atoms with van der Waals surface area (Å²) in [6, 6.07) is 5.01. The van der Waals surface area contributed by atoms with Crippen LogP contribution in [0.15, 0.2) is 18.2 Å². The molecule has 1 aliphatic carbocycles. The highest BCUT2D eigenvalue weighted by Gasteiger charge is 2.25. The van der Waals surface area contributed by atoms with E-state index in [4.69, 9.17) is 16.7 Å². The van der Waals surface area contributed by atoms with E-state index in [1.165, 1.54) is 12.5 Å². The molecule has 6 heteroatoms. The van der Waals surface area contributed by atoms with Crippen molar-refractivity contribution in [2.75, 3.05) is 0 Å². The fraction of sp³-hybridized carbons (Fsp3) is 0.533. The first-order valence-electron chi connectivity index (χ1n) is 7.13. The molecule has 1 fully saturated rings. The minimum atomic E-state index is -1.12. The second-order valence-corrected chi connectivity index (χ2v) is 6.02. The van der Waals surface area contributed by atoms with Crippen LogP contribution >= 0.6 is 11.6 Å². The van der Waals surface area contributed by atoms with Crippen molar-refractivity contribution in [1.29, 1.82) is 0 Å². The van der Waals surface area contributed by atoms with E-state index in [-0.39, 0.29) is 22.9 Å². The Labute approximate surface area is 128 Å². The Morgan fingerprint density at radius 3 is 2.62 bits per heavy atom. The molecule has 1 N–H and O–H groups in total. The van der Waals surface area contributed by atoms with Gasteiger partial charge in [0.2, 0.25) is 0 Å². The van der Waals surface area contributed by atoms with E-state index >= 15 is 0 Å². The van der Waals surface area contributed by atoms with Gasteiger partial charge in [-0.3, -0.25) is 14.9 Å². The highest BCUT2D eigenvalue weighted by Crippen LogP contribution is 2.37. The van der Waals surface area contributed by atoms with Crippen LogP contribution in [0.3, 0.4) is 0 Å². The topological polar surface area (TPSA) is 80.4 Å². The Morgan fingerprint density at radius 1 is 1.38 bits per heavy atom. The van der Waals surface area contributed by atoms with Gasteiger partial charge in [-0.05, 0) is 30.7 Å². The third-order valence-electron chi connectivity index (χ3n) is 4.02. The number of aliphatic carboxylic acids is 1. The maximum atomic E-state index is 11.3. The number of nitro groups is 1. The number of carboxylic acids is 1. The predicted molar refractivity (Wildman–Crippen MR) is 79.9 cm³/mol. The van der Waals surface area contributed by atoms with Crippen molar-refractivity contribution < 1.29 is 14.8 Å². The lowest BCUT2D eigenvalue weighted by atomic mass is 9.83. The van der Waals surface area contributed by atoms with Crippen LogP contribution < -0.4 is 0 Å². The molecular weight excluding hydrogens is 294 g/mol. The van der Waals surface area contributed by atoms with Crippen molar-refractivity contribution in [3.63, 3.8) is 0 Å². The molecule has 1 aliphatic rings. The molecule has 2 rings (SSSR count). The van der Waals surface area contributed by atoms with Gasteiger partial charge in [-0.25, -0.2) is 0 Å². The summed E-state index contributed by atoms with van der Waals surface area (Å²) in [5, 5.41) is 19.0. The molecule has 0 spiro atoms. The van der Waals surface area contributed by atoms with E-state index < -0.39 is 11.3 Å². The monoisotopic (exact) mass is 311 g/mol. The number of alkyl halides is 1. The molecule has 0 aromatic heterocycles. The Kier molecular flexibility index (Phi) is 5.17. The highest BCUT2D eigenvalue weighted by molar-refractivity contribution is 6.29. The third kappa shape index (κ3) is 3.94. The Morgan fingerprint density at radius 2 is 2.05 bits per heavy atom. The van der Waals surface area contributed by atoms with Gasteiger partial charge in [0, 0.05) is 11.6 Å². The van der Waals surface area contributed by atoms with E-state index in [0.29, 0.717) is 5.56 Å². The fourth-order valence-electron chi connectivity index (χ4n) is 2.93. The number of nitro benzene ring substituents is 1. The van der Waals surface area contributed by atoms with Gasteiger partial charge in [0.1, 0.15) is 5.38 Å². The molecule has 0 saturated heterocycles. The zero-order valence-electron chi connectivity index (χ0n) is 11.6. The van der Waals surface area contributed by atoms with Gasteiger partial charge in [-0.15, -0.1) is 11.6 Å². The lowest BCUT2D eigenvalue weighted by Crippen LogP contribution is -2.16. The van der Waals surface area contributed by atoms with Gasteiger partial charge in [0.15, 0.2) is 0 Å². The van der Waals surface area contributed by atoms with E-state index in [0.717, 1.165) is 31.2 Å². The highest BCUT2D eigenvalue weighted by atomic mass is 35.5. The summed E-state index contributed by atoms with van der Waals surface area (Å²) in [7, 11) is 0. The number of carbonyl (C=O) groups is 1. The molecule has 0 radical (unpaired) electrons. The molecule has 0 bridgehead atoms. The van der Waals surface area contributed by atoms with Gasteiger partial charge < -0.3 is 5.11 Å². The second kappa shape index (κ2) is 6.89. The first-order chi connectivity index (χ1) is 9.99. The lowest BCUT2D eigenvalue weighted by Gasteiger charge is -2.22. The zero-order chi connectivity index (χ0) is 15.4. The van der Waals surface area contributed by atoms with Gasteiger partial charge in [-0.2, -0.15) is 0 Å². The maximum Gasteiger partial charge on any atom is 0.321 e. The molecular formula is C15H18ClNO4. The lowest BCUT2D eigenvalue weighted by molar-refractivity contribution is -0.385. The molecule has 1 saturated carbocycles. The van der Waals surface area contributed by atoms with E-state index in [9.17, 15) is 14.9 Å². The number of nitrogens with zero attached hydrogens (tertiary/aromatic N) is 1. The van der Waals surface area contributed by atoms with Crippen LogP contribution in [0.5, 0.6) is 0 Å². The van der Waals surface area contributed by atoms with Crippen LogP contribution in [0.2, 0.25) is 0 Å². The molecule has 114 valence electrons. The van der Waals surface area contributed by atoms with Crippen molar-refractivity contribution >= 4 is 23.3 Å². The predicted octanol–water partition coefficient (Wildman–Crippen LogP) is 3.88. The SMILES string of the molecule is O=C(O)C(Cl)Cc1ccc(C2CCCCC2)c([N+](=O)[O-])c1. The second-order valence-electron chi connectivity index (χ2n) is 5.50. The van der Waals surface area contributed by atoms with Crippen LogP contribution in [0.1, 0.15) is 49.1 Å². The number of halogens is 1. The van der Waals surface area contributed by atoms with Crippen LogP contribution in [-0.4, -0.2) is 21.4 Å². The summed E-state index contributed by atoms with van der Waals surface area (Å²) in [6.07, 6.45) is 5.44. The molecule has 5 nitrogen and oxygen atoms in total. The summed E-state index contributed by atoms with van der Waals surface area (Å²) < 4.78 is 0. The quantitative estimate of drug-likeness (QED) is 0.508. The molecule has 0 heterocycles. The zero-order valence-corrected chi connectivity index (χ0v) is 12.4. The largest absolute Gasteiger partial charge is 0.480 e. The summed E-state index contributed by atoms with van der Waals surface area (Å²) in [4.78, 5) is 21.7. The minimum Gasteiger partial charge on any atom is -0.480 e. The van der Waals surface area contributed by atoms with Crippen LogP contribution in [-0.2, 0) is 11.2 Å². The summed E-state index contributed by atoms with van der Waals surface area (Å²) in [6.45, 7) is 0. The number of rotatable bonds is 5. The molecule has 21 heavy (non-hydrogen) atoms. The van der Waals surface area contributed by atoms with Gasteiger partial charge in [0.25, 0.3) is 5.69 Å².